The minimum Gasteiger partial charge on any atom is -0.493 e. The number of carbonyl (C=O) groups is 1. The first-order valence-corrected chi connectivity index (χ1v) is 7.00. The van der Waals surface area contributed by atoms with E-state index in [0.717, 1.165) is 0 Å². The molecule has 6 nitrogen and oxygen atoms in total. The molecule has 0 aliphatic rings. The number of nitrogens with two attached hydrogens (primary N) is 1. The van der Waals surface area contributed by atoms with Crippen molar-refractivity contribution in [2.45, 2.75) is 0 Å². The van der Waals surface area contributed by atoms with Crippen molar-refractivity contribution in [3.63, 3.8) is 0 Å². The summed E-state index contributed by atoms with van der Waals surface area (Å²) < 4.78 is 10.2. The number of hydrogen-bond donors (Lipinski definition) is 2. The normalized spacial score (nSPS) is 11.0. The molecule has 0 unspecified atom stereocenters. The summed E-state index contributed by atoms with van der Waals surface area (Å²) in [6.45, 7) is 0. The van der Waals surface area contributed by atoms with Gasteiger partial charge in [-0.3, -0.25) is 10.6 Å². The quantitative estimate of drug-likeness (QED) is 0.367. The average molecular weight is 336 g/mol. The fourth-order valence-corrected chi connectivity index (χ4v) is 1.94. The van der Waals surface area contributed by atoms with Gasteiger partial charge < -0.3 is 9.47 Å². The number of carbonyl (C=O) groups excluding carboxylic acids is 1. The van der Waals surface area contributed by atoms with Crippen LogP contribution < -0.4 is 20.4 Å². The van der Waals surface area contributed by atoms with Gasteiger partial charge in [-0.05, 0) is 42.5 Å². The second-order valence-electron chi connectivity index (χ2n) is 4.48. The molecule has 7 heteroatoms. The number of halogens is 1. The summed E-state index contributed by atoms with van der Waals surface area (Å²) in [4.78, 5) is 17.0. The highest BCUT2D eigenvalue weighted by Crippen LogP contribution is 2.27. The first-order chi connectivity index (χ1) is 11.0. The van der Waals surface area contributed by atoms with Crippen LogP contribution in [0.1, 0.15) is 15.9 Å². The number of hydrogen-bond acceptors (Lipinski definition) is 4. The fourth-order valence-electron chi connectivity index (χ4n) is 1.81. The highest BCUT2D eigenvalue weighted by Gasteiger charge is 2.14. The molecule has 2 rings (SSSR count). The van der Waals surface area contributed by atoms with Crippen LogP contribution in [0.2, 0.25) is 5.02 Å². The van der Waals surface area contributed by atoms with Crippen molar-refractivity contribution in [2.24, 2.45) is 5.73 Å². The van der Waals surface area contributed by atoms with Gasteiger partial charge in [0, 0.05) is 5.02 Å². The van der Waals surface area contributed by atoms with Crippen LogP contribution in [0.4, 0.5) is 0 Å². The number of rotatable bonds is 5. The fraction of sp³-hybridized carbons (Fsp3) is 0.125. The van der Waals surface area contributed by atoms with Crippen molar-refractivity contribution < 1.29 is 24.3 Å². The standard InChI is InChI=1S/C16H15ClN2O4/c1-21-13-8-5-11(9-14(13)22-2)16(20)23-19-15(18)10-3-6-12(17)7-4-10/h3-9H,1-2H3,(H2,18,19)/p+1. The van der Waals surface area contributed by atoms with Crippen LogP contribution in [-0.4, -0.2) is 26.0 Å². The third-order valence-corrected chi connectivity index (χ3v) is 3.28. The van der Waals surface area contributed by atoms with Crippen molar-refractivity contribution >= 4 is 23.4 Å². The zero-order chi connectivity index (χ0) is 16.8. The lowest BCUT2D eigenvalue weighted by Crippen LogP contribution is -2.75. The van der Waals surface area contributed by atoms with E-state index in [9.17, 15) is 4.79 Å². The van der Waals surface area contributed by atoms with E-state index in [0.29, 0.717) is 27.6 Å². The number of benzene rings is 2. The lowest BCUT2D eigenvalue weighted by molar-refractivity contribution is -0.721. The molecular weight excluding hydrogens is 320 g/mol. The zero-order valence-electron chi connectivity index (χ0n) is 12.6. The molecule has 2 aromatic rings. The van der Waals surface area contributed by atoms with Gasteiger partial charge in [-0.1, -0.05) is 16.8 Å². The maximum atomic E-state index is 12.0. The summed E-state index contributed by atoms with van der Waals surface area (Å²) in [6.07, 6.45) is 0. The van der Waals surface area contributed by atoms with Gasteiger partial charge in [-0.15, -0.1) is 0 Å². The van der Waals surface area contributed by atoms with Crippen molar-refractivity contribution in [1.82, 2.24) is 0 Å². The molecule has 0 aromatic heterocycles. The highest BCUT2D eigenvalue weighted by atomic mass is 35.5. The Hall–Kier alpha value is -2.73. The molecule has 0 aliphatic carbocycles. The average Bonchev–Trinajstić information content (AvgIpc) is 2.59. The van der Waals surface area contributed by atoms with E-state index >= 15 is 0 Å². The Morgan fingerprint density at radius 2 is 1.61 bits per heavy atom. The van der Waals surface area contributed by atoms with E-state index in [1.165, 1.54) is 20.3 Å². The van der Waals surface area contributed by atoms with Gasteiger partial charge in [0.1, 0.15) is 0 Å². The largest absolute Gasteiger partial charge is 0.493 e. The molecule has 0 fully saturated rings. The van der Waals surface area contributed by atoms with E-state index in [1.807, 2.05) is 0 Å². The Morgan fingerprint density at radius 3 is 2.22 bits per heavy atom. The van der Waals surface area contributed by atoms with Gasteiger partial charge in [0.25, 0.3) is 0 Å². The number of nitrogen functional groups attached to an aromatic ring is 1. The minimum absolute atomic E-state index is 0.190. The maximum Gasteiger partial charge on any atom is 0.388 e. The van der Waals surface area contributed by atoms with Crippen LogP contribution in [0.5, 0.6) is 11.5 Å². The molecule has 0 spiro atoms. The van der Waals surface area contributed by atoms with Crippen LogP contribution in [0.25, 0.3) is 0 Å². The Kier molecular flexibility index (Phi) is 5.43. The highest BCUT2D eigenvalue weighted by molar-refractivity contribution is 6.30. The summed E-state index contributed by atoms with van der Waals surface area (Å²) in [6, 6.07) is 11.5. The van der Waals surface area contributed by atoms with Crippen molar-refractivity contribution in [3.8, 4) is 11.5 Å². The van der Waals surface area contributed by atoms with Gasteiger partial charge in [-0.2, -0.15) is 0 Å². The Balaban J connectivity index is 2.12. The Morgan fingerprint density at radius 1 is 1.00 bits per heavy atom. The van der Waals surface area contributed by atoms with Crippen molar-refractivity contribution in [3.05, 3.63) is 58.6 Å². The van der Waals surface area contributed by atoms with Crippen LogP contribution in [0.3, 0.4) is 0 Å². The van der Waals surface area contributed by atoms with Gasteiger partial charge in [0.15, 0.2) is 11.5 Å². The van der Waals surface area contributed by atoms with Crippen LogP contribution in [-0.2, 0) is 4.84 Å². The van der Waals surface area contributed by atoms with E-state index in [2.05, 4.69) is 5.16 Å². The lowest BCUT2D eigenvalue weighted by atomic mass is 10.2. The predicted molar refractivity (Wildman–Crippen MR) is 85.7 cm³/mol. The van der Waals surface area contributed by atoms with Gasteiger partial charge in [0.2, 0.25) is 0 Å². The van der Waals surface area contributed by atoms with Gasteiger partial charge >= 0.3 is 11.8 Å². The van der Waals surface area contributed by atoms with Crippen molar-refractivity contribution in [2.75, 3.05) is 14.2 Å². The number of ether oxygens (including phenoxy) is 2. The minimum atomic E-state index is -0.608. The molecule has 0 heterocycles. The lowest BCUT2D eigenvalue weighted by Gasteiger charge is -2.07. The van der Waals surface area contributed by atoms with Crippen LogP contribution in [0.15, 0.2) is 42.5 Å². The van der Waals surface area contributed by atoms with Gasteiger partial charge in [0.05, 0.1) is 25.3 Å². The molecule has 0 atom stereocenters. The Bertz CT molecular complexity index is 729. The first-order valence-electron chi connectivity index (χ1n) is 6.62. The van der Waals surface area contributed by atoms with Crippen molar-refractivity contribution in [1.29, 1.82) is 0 Å². The summed E-state index contributed by atoms with van der Waals surface area (Å²) >= 11 is 5.80. The zero-order valence-corrected chi connectivity index (χ0v) is 13.4. The molecule has 2 aromatic carbocycles. The first kappa shape index (κ1) is 16.6. The second-order valence-corrected chi connectivity index (χ2v) is 4.92. The third-order valence-electron chi connectivity index (χ3n) is 3.03. The molecule has 0 amide bonds. The SMILES string of the molecule is COc1ccc(C(=O)O[NH+]=C(N)c2ccc(Cl)cc2)cc1OC. The second kappa shape index (κ2) is 7.51. The molecule has 0 bridgehead atoms. The molecule has 23 heavy (non-hydrogen) atoms. The molecule has 0 saturated carbocycles. The summed E-state index contributed by atoms with van der Waals surface area (Å²) in [5.74, 6) is 0.527. The summed E-state index contributed by atoms with van der Waals surface area (Å²) in [5, 5.41) is 3.00. The smallest absolute Gasteiger partial charge is 0.388 e. The van der Waals surface area contributed by atoms with E-state index in [4.69, 9.17) is 31.6 Å². The molecule has 0 radical (unpaired) electrons. The summed E-state index contributed by atoms with van der Waals surface area (Å²) in [7, 11) is 3.00. The molecule has 120 valence electrons. The van der Waals surface area contributed by atoms with Crippen LogP contribution >= 0.6 is 11.6 Å². The van der Waals surface area contributed by atoms with E-state index in [-0.39, 0.29) is 5.84 Å². The molecular formula is C16H16ClN2O4+. The van der Waals surface area contributed by atoms with Gasteiger partial charge in [-0.25, -0.2) is 4.79 Å². The van der Waals surface area contributed by atoms with Crippen LogP contribution in [0, 0.1) is 0 Å². The summed E-state index contributed by atoms with van der Waals surface area (Å²) in [5.41, 5.74) is 6.75. The number of methoxy groups -OCH3 is 2. The van der Waals surface area contributed by atoms with E-state index < -0.39 is 5.97 Å². The van der Waals surface area contributed by atoms with E-state index in [1.54, 1.807) is 36.4 Å². The molecule has 0 saturated heterocycles. The maximum absolute atomic E-state index is 12.0. The Labute approximate surface area is 138 Å². The molecule has 3 N–H and O–H groups in total. The monoisotopic (exact) mass is 335 g/mol. The number of amidine groups is 1. The molecule has 0 aliphatic heterocycles. The topological polar surface area (TPSA) is 84.8 Å². The number of nitrogens with one attached hydrogen (secondary N) is 1. The predicted octanol–water partition coefficient (Wildman–Crippen LogP) is 0.915. The third kappa shape index (κ3) is 4.14.